The summed E-state index contributed by atoms with van der Waals surface area (Å²) in [4.78, 5) is 10.8. The van der Waals surface area contributed by atoms with Crippen molar-refractivity contribution in [2.45, 2.75) is 6.42 Å². The van der Waals surface area contributed by atoms with Crippen LogP contribution in [0.5, 0.6) is 0 Å². The van der Waals surface area contributed by atoms with E-state index < -0.39 is 5.97 Å². The Hall–Kier alpha value is -1.82. The van der Waals surface area contributed by atoms with E-state index in [1.54, 1.807) is 24.4 Å². The van der Waals surface area contributed by atoms with Gasteiger partial charge in [0.15, 0.2) is 0 Å². The first-order chi connectivity index (χ1) is 9.08. The van der Waals surface area contributed by atoms with Crippen molar-refractivity contribution in [3.63, 3.8) is 0 Å². The number of benzene rings is 1. The van der Waals surface area contributed by atoms with Crippen molar-refractivity contribution in [2.24, 2.45) is 7.05 Å². The molecule has 2 aromatic rings. The Bertz CT molecular complexity index is 595. The van der Waals surface area contributed by atoms with Crippen LogP contribution < -0.4 is 5.32 Å². The molecule has 0 aliphatic carbocycles. The Labute approximate surface area is 119 Å². The summed E-state index contributed by atoms with van der Waals surface area (Å²) in [6, 6.07) is 6.91. The number of carboxylic acids is 1. The predicted octanol–water partition coefficient (Wildman–Crippen LogP) is 2.54. The van der Waals surface area contributed by atoms with Gasteiger partial charge in [-0.15, -0.1) is 0 Å². The summed E-state index contributed by atoms with van der Waals surface area (Å²) >= 11 is 3.37. The second-order valence-electron chi connectivity index (χ2n) is 4.12. The Morgan fingerprint density at radius 2 is 2.26 bits per heavy atom. The van der Waals surface area contributed by atoms with Crippen LogP contribution in [0.25, 0.3) is 0 Å². The standard InChI is InChI=1S/C13H14BrN3O2/c1-17-10(5-7-16-17)4-6-15-12-3-2-9(13(18)19)8-11(12)14/h2-3,5,7-8,15H,4,6H2,1H3,(H,18,19). The molecule has 6 heteroatoms. The maximum Gasteiger partial charge on any atom is 0.335 e. The number of nitrogens with zero attached hydrogens (tertiary/aromatic N) is 2. The minimum atomic E-state index is -0.929. The molecule has 1 aromatic heterocycles. The van der Waals surface area contributed by atoms with Gasteiger partial charge >= 0.3 is 5.97 Å². The van der Waals surface area contributed by atoms with Gasteiger partial charge in [-0.1, -0.05) is 0 Å². The molecule has 100 valence electrons. The Balaban J connectivity index is 1.96. The molecule has 19 heavy (non-hydrogen) atoms. The lowest BCUT2D eigenvalue weighted by Gasteiger charge is -2.09. The van der Waals surface area contributed by atoms with E-state index >= 15 is 0 Å². The van der Waals surface area contributed by atoms with E-state index in [0.717, 1.165) is 28.8 Å². The van der Waals surface area contributed by atoms with Crippen LogP contribution in [0, 0.1) is 0 Å². The zero-order valence-electron chi connectivity index (χ0n) is 10.4. The van der Waals surface area contributed by atoms with E-state index in [4.69, 9.17) is 5.11 Å². The summed E-state index contributed by atoms with van der Waals surface area (Å²) in [5.41, 5.74) is 2.29. The number of nitrogens with one attached hydrogen (secondary N) is 1. The Kier molecular flexibility index (Phi) is 4.21. The quantitative estimate of drug-likeness (QED) is 0.887. The van der Waals surface area contributed by atoms with Gasteiger partial charge < -0.3 is 10.4 Å². The van der Waals surface area contributed by atoms with Crippen molar-refractivity contribution in [1.29, 1.82) is 0 Å². The lowest BCUT2D eigenvalue weighted by Crippen LogP contribution is -2.09. The molecule has 1 heterocycles. The number of hydrogen-bond donors (Lipinski definition) is 2. The fourth-order valence-corrected chi connectivity index (χ4v) is 2.28. The third kappa shape index (κ3) is 3.35. The Morgan fingerprint density at radius 3 is 2.84 bits per heavy atom. The fourth-order valence-electron chi connectivity index (χ4n) is 1.76. The molecule has 0 atom stereocenters. The van der Waals surface area contributed by atoms with Crippen LogP contribution in [-0.4, -0.2) is 27.4 Å². The number of carboxylic acid groups (broad SMARTS) is 1. The smallest absolute Gasteiger partial charge is 0.335 e. The molecular formula is C13H14BrN3O2. The van der Waals surface area contributed by atoms with Crippen LogP contribution in [0.1, 0.15) is 16.1 Å². The van der Waals surface area contributed by atoms with E-state index in [-0.39, 0.29) is 5.56 Å². The highest BCUT2D eigenvalue weighted by Crippen LogP contribution is 2.23. The maximum atomic E-state index is 10.8. The molecule has 2 rings (SSSR count). The van der Waals surface area contributed by atoms with E-state index in [1.165, 1.54) is 0 Å². The molecule has 1 aromatic carbocycles. The second kappa shape index (κ2) is 5.88. The number of carbonyl (C=O) groups is 1. The van der Waals surface area contributed by atoms with Gasteiger partial charge in [0.1, 0.15) is 0 Å². The first-order valence-corrected chi connectivity index (χ1v) is 6.61. The van der Waals surface area contributed by atoms with Crippen molar-refractivity contribution < 1.29 is 9.90 Å². The van der Waals surface area contributed by atoms with Crippen molar-refractivity contribution >= 4 is 27.6 Å². The minimum Gasteiger partial charge on any atom is -0.478 e. The third-order valence-corrected chi connectivity index (χ3v) is 3.49. The average molecular weight is 324 g/mol. The van der Waals surface area contributed by atoms with E-state index in [0.29, 0.717) is 0 Å². The van der Waals surface area contributed by atoms with Crippen molar-refractivity contribution in [2.75, 3.05) is 11.9 Å². The molecule has 0 aliphatic rings. The van der Waals surface area contributed by atoms with Crippen LogP contribution in [-0.2, 0) is 13.5 Å². The van der Waals surface area contributed by atoms with Crippen molar-refractivity contribution in [3.05, 3.63) is 46.2 Å². The van der Waals surface area contributed by atoms with Gasteiger partial charge in [0.2, 0.25) is 0 Å². The summed E-state index contributed by atoms with van der Waals surface area (Å²) in [6.45, 7) is 0.755. The van der Waals surface area contributed by atoms with E-state index in [2.05, 4.69) is 26.3 Å². The monoisotopic (exact) mass is 323 g/mol. The number of aromatic nitrogens is 2. The summed E-state index contributed by atoms with van der Waals surface area (Å²) < 4.78 is 2.59. The van der Waals surface area contributed by atoms with E-state index in [9.17, 15) is 4.79 Å². The highest BCUT2D eigenvalue weighted by Gasteiger charge is 2.06. The number of hydrogen-bond acceptors (Lipinski definition) is 3. The van der Waals surface area contributed by atoms with Crippen LogP contribution in [0.4, 0.5) is 5.69 Å². The molecule has 0 aliphatic heterocycles. The van der Waals surface area contributed by atoms with Crippen molar-refractivity contribution in [1.82, 2.24) is 9.78 Å². The number of aryl methyl sites for hydroxylation is 1. The molecule has 0 saturated heterocycles. The normalized spacial score (nSPS) is 10.4. The summed E-state index contributed by atoms with van der Waals surface area (Å²) in [6.07, 6.45) is 2.62. The number of anilines is 1. The van der Waals surface area contributed by atoms with Gasteiger partial charge in [-0.3, -0.25) is 4.68 Å². The van der Waals surface area contributed by atoms with Gasteiger partial charge in [-0.05, 0) is 40.2 Å². The molecule has 0 bridgehead atoms. The second-order valence-corrected chi connectivity index (χ2v) is 4.98. The number of halogens is 1. The Morgan fingerprint density at radius 1 is 1.47 bits per heavy atom. The topological polar surface area (TPSA) is 67.2 Å². The summed E-state index contributed by atoms with van der Waals surface area (Å²) in [7, 11) is 1.91. The highest BCUT2D eigenvalue weighted by molar-refractivity contribution is 9.10. The van der Waals surface area contributed by atoms with Gasteiger partial charge in [0.25, 0.3) is 0 Å². The molecule has 2 N–H and O–H groups in total. The SMILES string of the molecule is Cn1nccc1CCNc1ccc(C(=O)O)cc1Br. The molecule has 0 spiro atoms. The molecule has 0 unspecified atom stereocenters. The molecule has 0 saturated carbocycles. The fraction of sp³-hybridized carbons (Fsp3) is 0.231. The molecule has 0 radical (unpaired) electrons. The maximum absolute atomic E-state index is 10.8. The first kappa shape index (κ1) is 13.6. The molecular weight excluding hydrogens is 310 g/mol. The lowest BCUT2D eigenvalue weighted by atomic mass is 10.2. The molecule has 5 nitrogen and oxygen atoms in total. The highest BCUT2D eigenvalue weighted by atomic mass is 79.9. The third-order valence-electron chi connectivity index (χ3n) is 2.84. The van der Waals surface area contributed by atoms with E-state index in [1.807, 2.05) is 17.8 Å². The van der Waals surface area contributed by atoms with Crippen molar-refractivity contribution in [3.8, 4) is 0 Å². The largest absolute Gasteiger partial charge is 0.478 e. The van der Waals surface area contributed by atoms with Gasteiger partial charge in [0, 0.05) is 42.1 Å². The summed E-state index contributed by atoms with van der Waals surface area (Å²) in [5, 5.41) is 16.2. The van der Waals surface area contributed by atoms with Crippen LogP contribution in [0.2, 0.25) is 0 Å². The molecule has 0 fully saturated rings. The zero-order valence-corrected chi connectivity index (χ0v) is 12.0. The minimum absolute atomic E-state index is 0.268. The lowest BCUT2D eigenvalue weighted by molar-refractivity contribution is 0.0697. The van der Waals surface area contributed by atoms with Gasteiger partial charge in [0.05, 0.1) is 5.56 Å². The average Bonchev–Trinajstić information content (AvgIpc) is 2.77. The summed E-state index contributed by atoms with van der Waals surface area (Å²) in [5.74, 6) is -0.929. The zero-order chi connectivity index (χ0) is 13.8. The van der Waals surface area contributed by atoms with Gasteiger partial charge in [-0.2, -0.15) is 5.10 Å². The number of aromatic carboxylic acids is 1. The van der Waals surface area contributed by atoms with Crippen LogP contribution >= 0.6 is 15.9 Å². The predicted molar refractivity (Wildman–Crippen MR) is 76.5 cm³/mol. The first-order valence-electron chi connectivity index (χ1n) is 5.81. The number of rotatable bonds is 5. The van der Waals surface area contributed by atoms with Crippen LogP contribution in [0.15, 0.2) is 34.9 Å². The van der Waals surface area contributed by atoms with Gasteiger partial charge in [-0.25, -0.2) is 4.79 Å². The molecule has 0 amide bonds. The van der Waals surface area contributed by atoms with Crippen LogP contribution in [0.3, 0.4) is 0 Å².